The molecule has 24 heavy (non-hydrogen) atoms. The summed E-state index contributed by atoms with van der Waals surface area (Å²) in [6.45, 7) is 7.48. The van der Waals surface area contributed by atoms with Crippen LogP contribution in [0.3, 0.4) is 0 Å². The number of amides is 2. The highest BCUT2D eigenvalue weighted by molar-refractivity contribution is 5.85. The third kappa shape index (κ3) is 3.61. The number of urea groups is 1. The molecule has 1 aromatic rings. The van der Waals surface area contributed by atoms with E-state index >= 15 is 0 Å². The van der Waals surface area contributed by atoms with Crippen molar-refractivity contribution in [2.75, 3.05) is 7.11 Å². The number of hydrogen-bond donors (Lipinski definition) is 3. The number of rotatable bonds is 5. The van der Waals surface area contributed by atoms with Crippen molar-refractivity contribution in [3.8, 4) is 11.5 Å². The molecule has 7 heteroatoms. The summed E-state index contributed by atoms with van der Waals surface area (Å²) in [4.78, 5) is 24.3. The zero-order valence-electron chi connectivity index (χ0n) is 14.0. The SMILES string of the molecule is C=C1NC(=O)NC(c2ccc(OC)c(O)c2)C1C(=O)OC(C)CC. The molecule has 7 nitrogen and oxygen atoms in total. The molecule has 0 aliphatic carbocycles. The highest BCUT2D eigenvalue weighted by atomic mass is 16.5. The fourth-order valence-electron chi connectivity index (χ4n) is 2.49. The molecule has 1 aromatic carbocycles. The molecule has 1 saturated heterocycles. The van der Waals surface area contributed by atoms with Crippen molar-refractivity contribution in [1.29, 1.82) is 0 Å². The molecule has 3 atom stereocenters. The molecule has 3 N–H and O–H groups in total. The minimum atomic E-state index is -0.801. The van der Waals surface area contributed by atoms with Gasteiger partial charge in [-0.1, -0.05) is 19.6 Å². The van der Waals surface area contributed by atoms with Crippen LogP contribution in [0, 0.1) is 5.92 Å². The summed E-state index contributed by atoms with van der Waals surface area (Å²) >= 11 is 0. The van der Waals surface area contributed by atoms with E-state index in [1.807, 2.05) is 6.92 Å². The van der Waals surface area contributed by atoms with Gasteiger partial charge in [0, 0.05) is 5.70 Å². The molecule has 3 unspecified atom stereocenters. The zero-order chi connectivity index (χ0) is 17.9. The van der Waals surface area contributed by atoms with Gasteiger partial charge >= 0.3 is 12.0 Å². The van der Waals surface area contributed by atoms with E-state index in [9.17, 15) is 14.7 Å². The summed E-state index contributed by atoms with van der Waals surface area (Å²) in [5.41, 5.74) is 0.808. The minimum absolute atomic E-state index is 0.0811. The Bertz CT molecular complexity index is 658. The molecule has 1 fully saturated rings. The normalized spacial score (nSPS) is 21.5. The number of methoxy groups -OCH3 is 1. The molecule has 0 radical (unpaired) electrons. The van der Waals surface area contributed by atoms with E-state index in [1.165, 1.54) is 13.2 Å². The fraction of sp³-hybridized carbons (Fsp3) is 0.412. The molecule has 0 bridgehead atoms. The molecule has 2 amide bonds. The molecule has 0 spiro atoms. The van der Waals surface area contributed by atoms with Crippen molar-refractivity contribution in [3.63, 3.8) is 0 Å². The first-order valence-electron chi connectivity index (χ1n) is 7.71. The first-order chi connectivity index (χ1) is 11.4. The number of aromatic hydroxyl groups is 1. The third-order valence-electron chi connectivity index (χ3n) is 3.98. The maximum absolute atomic E-state index is 12.5. The van der Waals surface area contributed by atoms with Gasteiger partial charge in [0.2, 0.25) is 0 Å². The fourth-order valence-corrected chi connectivity index (χ4v) is 2.49. The molecule has 2 rings (SSSR count). The van der Waals surface area contributed by atoms with Crippen LogP contribution in [0.2, 0.25) is 0 Å². The van der Waals surface area contributed by atoms with Crippen LogP contribution in [-0.4, -0.2) is 30.3 Å². The van der Waals surface area contributed by atoms with Crippen LogP contribution >= 0.6 is 0 Å². The first kappa shape index (κ1) is 17.7. The van der Waals surface area contributed by atoms with E-state index in [0.717, 1.165) is 0 Å². The van der Waals surface area contributed by atoms with Crippen LogP contribution in [0.1, 0.15) is 31.9 Å². The first-order valence-corrected chi connectivity index (χ1v) is 7.71. The Morgan fingerprint density at radius 1 is 1.46 bits per heavy atom. The number of hydrogen-bond acceptors (Lipinski definition) is 5. The molecule has 1 heterocycles. The molecule has 1 aliphatic heterocycles. The molecular formula is C17H22N2O5. The predicted octanol–water partition coefficient (Wildman–Crippen LogP) is 2.23. The largest absolute Gasteiger partial charge is 0.504 e. The third-order valence-corrected chi connectivity index (χ3v) is 3.98. The lowest BCUT2D eigenvalue weighted by atomic mass is 9.89. The summed E-state index contributed by atoms with van der Waals surface area (Å²) in [6.07, 6.45) is 0.437. The van der Waals surface area contributed by atoms with Crippen molar-refractivity contribution in [1.82, 2.24) is 10.6 Å². The molecule has 0 saturated carbocycles. The van der Waals surface area contributed by atoms with Crippen molar-refractivity contribution in [2.24, 2.45) is 5.92 Å². The number of phenolic OH excluding ortho intramolecular Hbond substituents is 1. The Balaban J connectivity index is 2.35. The summed E-state index contributed by atoms with van der Waals surface area (Å²) in [5.74, 6) is -1.06. The maximum atomic E-state index is 12.5. The molecule has 130 valence electrons. The van der Waals surface area contributed by atoms with Crippen LogP contribution in [0.5, 0.6) is 11.5 Å². The van der Waals surface area contributed by atoms with E-state index in [0.29, 0.717) is 17.7 Å². The van der Waals surface area contributed by atoms with E-state index in [-0.39, 0.29) is 17.6 Å². The van der Waals surface area contributed by atoms with Crippen molar-refractivity contribution in [2.45, 2.75) is 32.4 Å². The van der Waals surface area contributed by atoms with Gasteiger partial charge in [0.15, 0.2) is 11.5 Å². The number of benzene rings is 1. The zero-order valence-corrected chi connectivity index (χ0v) is 14.0. The number of phenols is 1. The van der Waals surface area contributed by atoms with Crippen LogP contribution < -0.4 is 15.4 Å². The summed E-state index contributed by atoms with van der Waals surface area (Å²) in [7, 11) is 1.44. The summed E-state index contributed by atoms with van der Waals surface area (Å²) in [6, 6.07) is 3.53. The quantitative estimate of drug-likeness (QED) is 0.718. The average Bonchev–Trinajstić information content (AvgIpc) is 2.53. The summed E-state index contributed by atoms with van der Waals surface area (Å²) < 4.78 is 10.4. The van der Waals surface area contributed by atoms with Crippen LogP contribution in [-0.2, 0) is 9.53 Å². The Morgan fingerprint density at radius 2 is 2.17 bits per heavy atom. The number of ether oxygens (including phenoxy) is 2. The number of carbonyl (C=O) groups is 2. The second-order valence-electron chi connectivity index (χ2n) is 5.67. The van der Waals surface area contributed by atoms with Gasteiger partial charge in [0.05, 0.1) is 19.3 Å². The highest BCUT2D eigenvalue weighted by Crippen LogP contribution is 2.35. The molecular weight excluding hydrogens is 312 g/mol. The van der Waals surface area contributed by atoms with Crippen LogP contribution in [0.15, 0.2) is 30.5 Å². The standard InChI is InChI=1S/C17H22N2O5/c1-5-9(2)24-16(21)14-10(3)18-17(22)19-15(14)11-6-7-13(23-4)12(20)8-11/h6-9,14-15,20H,3,5H2,1-2,4H3,(H2,18,19,22). The Labute approximate surface area is 140 Å². The van der Waals surface area contributed by atoms with Gasteiger partial charge in [-0.25, -0.2) is 4.79 Å². The minimum Gasteiger partial charge on any atom is -0.504 e. The van der Waals surface area contributed by atoms with E-state index in [1.54, 1.807) is 19.1 Å². The molecule has 1 aliphatic rings. The van der Waals surface area contributed by atoms with Gasteiger partial charge in [-0.05, 0) is 31.0 Å². The van der Waals surface area contributed by atoms with Gasteiger partial charge in [0.1, 0.15) is 5.92 Å². The Kier molecular flexibility index (Phi) is 5.33. The van der Waals surface area contributed by atoms with E-state index < -0.39 is 24.0 Å². The highest BCUT2D eigenvalue weighted by Gasteiger charge is 2.39. The molecule has 0 aromatic heterocycles. The van der Waals surface area contributed by atoms with Crippen LogP contribution in [0.4, 0.5) is 4.79 Å². The lowest BCUT2D eigenvalue weighted by Crippen LogP contribution is -2.51. The number of nitrogens with one attached hydrogen (secondary N) is 2. The number of esters is 1. The van der Waals surface area contributed by atoms with E-state index in [4.69, 9.17) is 9.47 Å². The van der Waals surface area contributed by atoms with Crippen LogP contribution in [0.25, 0.3) is 0 Å². The Hall–Kier alpha value is -2.70. The second kappa shape index (κ2) is 7.25. The number of carbonyl (C=O) groups excluding carboxylic acids is 2. The van der Waals surface area contributed by atoms with Gasteiger partial charge in [0.25, 0.3) is 0 Å². The van der Waals surface area contributed by atoms with Gasteiger partial charge in [-0.2, -0.15) is 0 Å². The monoisotopic (exact) mass is 334 g/mol. The predicted molar refractivity (Wildman–Crippen MR) is 87.5 cm³/mol. The van der Waals surface area contributed by atoms with E-state index in [2.05, 4.69) is 17.2 Å². The summed E-state index contributed by atoms with van der Waals surface area (Å²) in [5, 5.41) is 15.2. The topological polar surface area (TPSA) is 96.9 Å². The lowest BCUT2D eigenvalue weighted by Gasteiger charge is -2.34. The van der Waals surface area contributed by atoms with Gasteiger partial charge in [-0.3, -0.25) is 4.79 Å². The Morgan fingerprint density at radius 3 is 2.75 bits per heavy atom. The van der Waals surface area contributed by atoms with Gasteiger partial charge < -0.3 is 25.2 Å². The van der Waals surface area contributed by atoms with Crippen molar-refractivity contribution < 1.29 is 24.2 Å². The van der Waals surface area contributed by atoms with Crippen molar-refractivity contribution >= 4 is 12.0 Å². The second-order valence-corrected chi connectivity index (χ2v) is 5.67. The average molecular weight is 334 g/mol. The van der Waals surface area contributed by atoms with Crippen molar-refractivity contribution in [3.05, 3.63) is 36.0 Å². The lowest BCUT2D eigenvalue weighted by molar-refractivity contribution is -0.153. The smallest absolute Gasteiger partial charge is 0.319 e. The van der Waals surface area contributed by atoms with Gasteiger partial charge in [-0.15, -0.1) is 0 Å². The maximum Gasteiger partial charge on any atom is 0.319 e.